The number of carbonyl (C=O) groups is 1. The first-order valence-electron chi connectivity index (χ1n) is 3.18. The standard InChI is InChI=1S/C8H8O3/c9-6-8(10)11-7-4-2-1-3-5-7/h1-6,8,10H. The second kappa shape index (κ2) is 3.73. The van der Waals surface area contributed by atoms with Crippen LogP contribution >= 0.6 is 0 Å². The van der Waals surface area contributed by atoms with Gasteiger partial charge in [0.25, 0.3) is 6.29 Å². The highest BCUT2D eigenvalue weighted by Gasteiger charge is 2.00. The van der Waals surface area contributed by atoms with Crippen molar-refractivity contribution in [3.63, 3.8) is 0 Å². The minimum Gasteiger partial charge on any atom is -0.458 e. The van der Waals surface area contributed by atoms with E-state index < -0.39 is 6.29 Å². The fraction of sp³-hybridized carbons (Fsp3) is 0.125. The van der Waals surface area contributed by atoms with E-state index in [-0.39, 0.29) is 0 Å². The zero-order valence-electron chi connectivity index (χ0n) is 5.81. The molecule has 0 heterocycles. The summed E-state index contributed by atoms with van der Waals surface area (Å²) in [7, 11) is 0. The van der Waals surface area contributed by atoms with Crippen LogP contribution in [0.25, 0.3) is 0 Å². The van der Waals surface area contributed by atoms with Crippen LogP contribution in [0.3, 0.4) is 0 Å². The van der Waals surface area contributed by atoms with E-state index in [0.717, 1.165) is 0 Å². The van der Waals surface area contributed by atoms with Crippen molar-refractivity contribution >= 4 is 6.29 Å². The van der Waals surface area contributed by atoms with Crippen LogP contribution in [0.15, 0.2) is 30.3 Å². The molecule has 1 aromatic carbocycles. The van der Waals surface area contributed by atoms with Gasteiger partial charge in [0, 0.05) is 0 Å². The normalized spacial score (nSPS) is 12.1. The maximum absolute atomic E-state index is 9.93. The molecule has 0 bridgehead atoms. The van der Waals surface area contributed by atoms with Crippen LogP contribution in [0.4, 0.5) is 0 Å². The Hall–Kier alpha value is -1.35. The van der Waals surface area contributed by atoms with E-state index in [9.17, 15) is 4.79 Å². The van der Waals surface area contributed by atoms with E-state index in [1.807, 2.05) is 6.07 Å². The number of rotatable bonds is 3. The van der Waals surface area contributed by atoms with Gasteiger partial charge >= 0.3 is 0 Å². The number of para-hydroxylation sites is 1. The zero-order valence-corrected chi connectivity index (χ0v) is 5.81. The number of aliphatic hydroxyl groups excluding tert-OH is 1. The van der Waals surface area contributed by atoms with Gasteiger partial charge in [0.05, 0.1) is 0 Å². The van der Waals surface area contributed by atoms with Crippen molar-refractivity contribution in [2.24, 2.45) is 0 Å². The second-order valence-electron chi connectivity index (χ2n) is 1.96. The van der Waals surface area contributed by atoms with E-state index in [4.69, 9.17) is 9.84 Å². The molecule has 0 aromatic heterocycles. The SMILES string of the molecule is O=CC(O)Oc1ccccc1. The molecule has 0 saturated carbocycles. The lowest BCUT2D eigenvalue weighted by Crippen LogP contribution is -2.16. The smallest absolute Gasteiger partial charge is 0.254 e. The van der Waals surface area contributed by atoms with Crippen molar-refractivity contribution in [1.29, 1.82) is 0 Å². The van der Waals surface area contributed by atoms with Crippen molar-refractivity contribution in [3.05, 3.63) is 30.3 Å². The summed E-state index contributed by atoms with van der Waals surface area (Å²) < 4.78 is 4.75. The number of aldehydes is 1. The molecule has 1 rings (SSSR count). The highest BCUT2D eigenvalue weighted by Crippen LogP contribution is 2.08. The summed E-state index contributed by atoms with van der Waals surface area (Å²) in [5.74, 6) is 0.479. The quantitative estimate of drug-likeness (QED) is 0.509. The van der Waals surface area contributed by atoms with Crippen LogP contribution in [0.2, 0.25) is 0 Å². The number of hydrogen-bond donors (Lipinski definition) is 1. The van der Waals surface area contributed by atoms with E-state index in [0.29, 0.717) is 12.0 Å². The first-order valence-corrected chi connectivity index (χ1v) is 3.18. The van der Waals surface area contributed by atoms with Crippen LogP contribution in [0, 0.1) is 0 Å². The Labute approximate surface area is 64.2 Å². The average Bonchev–Trinajstić information content (AvgIpc) is 2.06. The predicted octanol–water partition coefficient (Wildman–Crippen LogP) is 0.583. The largest absolute Gasteiger partial charge is 0.458 e. The molecule has 0 aliphatic heterocycles. The molecule has 0 saturated heterocycles. The van der Waals surface area contributed by atoms with Gasteiger partial charge < -0.3 is 9.84 Å². The average molecular weight is 152 g/mol. The van der Waals surface area contributed by atoms with Crippen molar-refractivity contribution in [2.45, 2.75) is 6.29 Å². The van der Waals surface area contributed by atoms with Gasteiger partial charge in [-0.3, -0.25) is 4.79 Å². The molecule has 11 heavy (non-hydrogen) atoms. The highest BCUT2D eigenvalue weighted by atomic mass is 16.6. The number of hydrogen-bond acceptors (Lipinski definition) is 3. The summed E-state index contributed by atoms with van der Waals surface area (Å²) in [5.41, 5.74) is 0. The van der Waals surface area contributed by atoms with Gasteiger partial charge in [0.2, 0.25) is 0 Å². The Morgan fingerprint density at radius 2 is 2.00 bits per heavy atom. The van der Waals surface area contributed by atoms with Crippen molar-refractivity contribution < 1.29 is 14.6 Å². The number of ether oxygens (including phenoxy) is 1. The second-order valence-corrected chi connectivity index (χ2v) is 1.96. The van der Waals surface area contributed by atoms with Gasteiger partial charge in [0.1, 0.15) is 5.75 Å². The Bertz CT molecular complexity index is 220. The van der Waals surface area contributed by atoms with Crippen LogP contribution < -0.4 is 4.74 Å². The van der Waals surface area contributed by atoms with E-state index >= 15 is 0 Å². The maximum atomic E-state index is 9.93. The topological polar surface area (TPSA) is 46.5 Å². The number of benzene rings is 1. The van der Waals surface area contributed by atoms with Crippen LogP contribution in [-0.4, -0.2) is 17.7 Å². The van der Waals surface area contributed by atoms with Gasteiger partial charge in [0.15, 0.2) is 6.29 Å². The lowest BCUT2D eigenvalue weighted by Gasteiger charge is -2.05. The number of carbonyl (C=O) groups excluding carboxylic acids is 1. The van der Waals surface area contributed by atoms with E-state index in [2.05, 4.69) is 0 Å². The Balaban J connectivity index is 2.57. The summed E-state index contributed by atoms with van der Waals surface area (Å²) in [6, 6.07) is 8.65. The van der Waals surface area contributed by atoms with Gasteiger partial charge in [-0.25, -0.2) is 0 Å². The Kier molecular flexibility index (Phi) is 2.63. The molecule has 3 heteroatoms. The fourth-order valence-electron chi connectivity index (χ4n) is 0.666. The molecule has 0 aliphatic carbocycles. The molecule has 0 amide bonds. The lowest BCUT2D eigenvalue weighted by atomic mass is 10.3. The van der Waals surface area contributed by atoms with Gasteiger partial charge in [-0.1, -0.05) is 18.2 Å². The molecule has 0 spiro atoms. The summed E-state index contributed by atoms with van der Waals surface area (Å²) in [4.78, 5) is 9.93. The Morgan fingerprint density at radius 3 is 2.55 bits per heavy atom. The number of aliphatic hydroxyl groups is 1. The third-order valence-corrected chi connectivity index (χ3v) is 1.12. The maximum Gasteiger partial charge on any atom is 0.254 e. The van der Waals surface area contributed by atoms with Crippen LogP contribution in [0.5, 0.6) is 5.75 Å². The third-order valence-electron chi connectivity index (χ3n) is 1.12. The first kappa shape index (κ1) is 7.75. The molecule has 0 aliphatic rings. The third kappa shape index (κ3) is 2.39. The summed E-state index contributed by atoms with van der Waals surface area (Å²) >= 11 is 0. The predicted molar refractivity (Wildman–Crippen MR) is 39.1 cm³/mol. The molecule has 58 valence electrons. The summed E-state index contributed by atoms with van der Waals surface area (Å²) in [6.07, 6.45) is -1.04. The molecule has 1 N–H and O–H groups in total. The minimum atomic E-state index is -1.36. The lowest BCUT2D eigenvalue weighted by molar-refractivity contribution is -0.127. The zero-order chi connectivity index (χ0) is 8.10. The highest BCUT2D eigenvalue weighted by molar-refractivity contribution is 5.54. The fourth-order valence-corrected chi connectivity index (χ4v) is 0.666. The summed E-state index contributed by atoms with van der Waals surface area (Å²) in [5, 5.41) is 8.72. The molecule has 0 radical (unpaired) electrons. The molecule has 0 fully saturated rings. The Morgan fingerprint density at radius 1 is 1.36 bits per heavy atom. The van der Waals surface area contributed by atoms with Gasteiger partial charge in [-0.15, -0.1) is 0 Å². The monoisotopic (exact) mass is 152 g/mol. The molecular weight excluding hydrogens is 144 g/mol. The first-order chi connectivity index (χ1) is 5.33. The molecule has 1 unspecified atom stereocenters. The van der Waals surface area contributed by atoms with E-state index in [1.54, 1.807) is 24.3 Å². The molecule has 3 nitrogen and oxygen atoms in total. The molecule has 1 aromatic rings. The van der Waals surface area contributed by atoms with Crippen LogP contribution in [0.1, 0.15) is 0 Å². The van der Waals surface area contributed by atoms with Gasteiger partial charge in [-0.05, 0) is 12.1 Å². The minimum absolute atomic E-state index is 0.326. The van der Waals surface area contributed by atoms with Crippen LogP contribution in [-0.2, 0) is 4.79 Å². The molecular formula is C8H8O3. The van der Waals surface area contributed by atoms with Crippen molar-refractivity contribution in [2.75, 3.05) is 0 Å². The van der Waals surface area contributed by atoms with Gasteiger partial charge in [-0.2, -0.15) is 0 Å². The molecule has 1 atom stereocenters. The summed E-state index contributed by atoms with van der Waals surface area (Å²) in [6.45, 7) is 0. The van der Waals surface area contributed by atoms with E-state index in [1.165, 1.54) is 0 Å². The van der Waals surface area contributed by atoms with Crippen molar-refractivity contribution in [3.8, 4) is 5.75 Å². The van der Waals surface area contributed by atoms with Crippen molar-refractivity contribution in [1.82, 2.24) is 0 Å².